The lowest BCUT2D eigenvalue weighted by Gasteiger charge is -2.19. The molecule has 1 fully saturated rings. The summed E-state index contributed by atoms with van der Waals surface area (Å²) < 4.78 is 0. The van der Waals surface area contributed by atoms with Gasteiger partial charge in [-0.2, -0.15) is 0 Å². The second-order valence-corrected chi connectivity index (χ2v) is 6.64. The van der Waals surface area contributed by atoms with Crippen molar-refractivity contribution < 1.29 is 0 Å². The highest BCUT2D eigenvalue weighted by atomic mass is 15.1. The first-order chi connectivity index (χ1) is 10.1. The lowest BCUT2D eigenvalue weighted by Crippen LogP contribution is -2.20. The highest BCUT2D eigenvalue weighted by Gasteiger charge is 2.17. The average molecular weight is 290 g/mol. The van der Waals surface area contributed by atoms with E-state index in [2.05, 4.69) is 43.3 Å². The zero-order chi connectivity index (χ0) is 15.2. The van der Waals surface area contributed by atoms with Crippen molar-refractivity contribution in [1.29, 1.82) is 0 Å². The third-order valence-corrected chi connectivity index (χ3v) is 4.23. The molecule has 4 heteroatoms. The van der Waals surface area contributed by atoms with Gasteiger partial charge in [0, 0.05) is 24.6 Å². The number of hydrogen-bond acceptors (Lipinski definition) is 4. The fraction of sp³-hybridized carbons (Fsp3) is 0.765. The molecule has 0 spiro atoms. The minimum Gasteiger partial charge on any atom is -0.370 e. The second-order valence-electron chi connectivity index (χ2n) is 6.64. The summed E-state index contributed by atoms with van der Waals surface area (Å²) in [5.41, 5.74) is 0. The number of rotatable bonds is 5. The summed E-state index contributed by atoms with van der Waals surface area (Å²) in [4.78, 5) is 9.28. The molecule has 21 heavy (non-hydrogen) atoms. The normalized spacial score (nSPS) is 22.9. The molecule has 1 heterocycles. The Morgan fingerprint density at radius 1 is 1.14 bits per heavy atom. The number of aromatic nitrogens is 2. The Bertz CT molecular complexity index is 444. The Morgan fingerprint density at radius 2 is 1.90 bits per heavy atom. The zero-order valence-electron chi connectivity index (χ0n) is 13.9. The van der Waals surface area contributed by atoms with Crippen molar-refractivity contribution in [3.63, 3.8) is 0 Å². The number of nitrogens with one attached hydrogen (secondary N) is 2. The maximum atomic E-state index is 4.70. The van der Waals surface area contributed by atoms with Gasteiger partial charge in [-0.3, -0.25) is 0 Å². The van der Waals surface area contributed by atoms with E-state index in [1.165, 1.54) is 32.1 Å². The van der Waals surface area contributed by atoms with Gasteiger partial charge in [-0.15, -0.1) is 0 Å². The van der Waals surface area contributed by atoms with Crippen LogP contribution in [0, 0.1) is 5.92 Å². The van der Waals surface area contributed by atoms with Crippen molar-refractivity contribution in [2.24, 2.45) is 5.92 Å². The van der Waals surface area contributed by atoms with Crippen LogP contribution in [0.4, 0.5) is 11.6 Å². The van der Waals surface area contributed by atoms with Gasteiger partial charge < -0.3 is 10.6 Å². The monoisotopic (exact) mass is 290 g/mol. The molecule has 0 radical (unpaired) electrons. The maximum Gasteiger partial charge on any atom is 0.135 e. The average Bonchev–Trinajstić information content (AvgIpc) is 2.64. The van der Waals surface area contributed by atoms with Gasteiger partial charge in [0.1, 0.15) is 17.5 Å². The Morgan fingerprint density at radius 3 is 2.62 bits per heavy atom. The summed E-state index contributed by atoms with van der Waals surface area (Å²) in [5.74, 6) is 4.03. The Hall–Kier alpha value is -1.32. The predicted octanol–water partition coefficient (Wildman–Crippen LogP) is 4.41. The first-order valence-electron chi connectivity index (χ1n) is 8.47. The molecule has 2 rings (SSSR count). The summed E-state index contributed by atoms with van der Waals surface area (Å²) in [5, 5.41) is 6.95. The molecular weight excluding hydrogens is 260 g/mol. The third-order valence-electron chi connectivity index (χ3n) is 4.23. The Balaban J connectivity index is 2.10. The highest BCUT2D eigenvalue weighted by molar-refractivity contribution is 5.48. The van der Waals surface area contributed by atoms with Crippen LogP contribution in [0.1, 0.15) is 71.5 Å². The Kier molecular flexibility index (Phi) is 5.83. The molecular formula is C17H30N4. The molecule has 2 atom stereocenters. The van der Waals surface area contributed by atoms with Gasteiger partial charge in [0.2, 0.25) is 0 Å². The van der Waals surface area contributed by atoms with Crippen LogP contribution in [0.5, 0.6) is 0 Å². The van der Waals surface area contributed by atoms with Gasteiger partial charge in [-0.05, 0) is 32.1 Å². The van der Waals surface area contributed by atoms with E-state index in [4.69, 9.17) is 4.98 Å². The molecule has 0 aliphatic heterocycles. The summed E-state index contributed by atoms with van der Waals surface area (Å²) >= 11 is 0. The second kappa shape index (κ2) is 7.62. The molecule has 118 valence electrons. The summed E-state index contributed by atoms with van der Waals surface area (Å²) in [6, 6.07) is 2.60. The lowest BCUT2D eigenvalue weighted by molar-refractivity contribution is 0.501. The van der Waals surface area contributed by atoms with Crippen LogP contribution in [0.15, 0.2) is 6.07 Å². The van der Waals surface area contributed by atoms with E-state index in [1.54, 1.807) is 0 Å². The van der Waals surface area contributed by atoms with Gasteiger partial charge in [0.05, 0.1) is 0 Å². The number of anilines is 2. The first kappa shape index (κ1) is 16.1. The summed E-state index contributed by atoms with van der Waals surface area (Å²) in [7, 11) is 0. The molecule has 0 bridgehead atoms. The lowest BCUT2D eigenvalue weighted by atomic mass is 10.0. The minimum absolute atomic E-state index is 0.346. The van der Waals surface area contributed by atoms with Crippen molar-refractivity contribution in [2.75, 3.05) is 17.2 Å². The van der Waals surface area contributed by atoms with Crippen molar-refractivity contribution in [1.82, 2.24) is 9.97 Å². The van der Waals surface area contributed by atoms with Crippen molar-refractivity contribution >= 4 is 11.6 Å². The van der Waals surface area contributed by atoms with Crippen LogP contribution >= 0.6 is 0 Å². The van der Waals surface area contributed by atoms with Gasteiger partial charge in [-0.25, -0.2) is 9.97 Å². The molecule has 1 saturated carbocycles. The number of nitrogens with zero attached hydrogens (tertiary/aromatic N) is 2. The van der Waals surface area contributed by atoms with Gasteiger partial charge in [-0.1, -0.05) is 33.6 Å². The topological polar surface area (TPSA) is 49.8 Å². The van der Waals surface area contributed by atoms with Gasteiger partial charge in [0.15, 0.2) is 0 Å². The van der Waals surface area contributed by atoms with Crippen LogP contribution in [-0.4, -0.2) is 22.6 Å². The van der Waals surface area contributed by atoms with E-state index < -0.39 is 0 Å². The van der Waals surface area contributed by atoms with Crippen LogP contribution in [0.3, 0.4) is 0 Å². The number of hydrogen-bond donors (Lipinski definition) is 2. The van der Waals surface area contributed by atoms with Crippen LogP contribution in [-0.2, 0) is 0 Å². The van der Waals surface area contributed by atoms with E-state index in [0.29, 0.717) is 12.0 Å². The first-order valence-corrected chi connectivity index (χ1v) is 8.47. The zero-order valence-corrected chi connectivity index (χ0v) is 13.9. The van der Waals surface area contributed by atoms with Crippen LogP contribution in [0.2, 0.25) is 0 Å². The van der Waals surface area contributed by atoms with Gasteiger partial charge >= 0.3 is 0 Å². The summed E-state index contributed by atoms with van der Waals surface area (Å²) in [6.45, 7) is 9.63. The molecule has 1 aliphatic carbocycles. The standard InChI is InChI=1S/C17H30N4/c1-5-18-15-11-16(21-17(20-15)12(2)3)19-14-8-6-7-13(4)9-10-14/h11-14H,5-10H2,1-4H3,(H2,18,19,20,21). The van der Waals surface area contributed by atoms with Crippen LogP contribution < -0.4 is 10.6 Å². The Labute approximate surface area is 129 Å². The highest BCUT2D eigenvalue weighted by Crippen LogP contribution is 2.25. The quantitative estimate of drug-likeness (QED) is 0.789. The van der Waals surface area contributed by atoms with Crippen LogP contribution in [0.25, 0.3) is 0 Å². The third kappa shape index (κ3) is 4.87. The molecule has 0 aromatic carbocycles. The predicted molar refractivity (Wildman–Crippen MR) is 89.9 cm³/mol. The van der Waals surface area contributed by atoms with E-state index in [0.717, 1.165) is 29.9 Å². The van der Waals surface area contributed by atoms with Gasteiger partial charge in [0.25, 0.3) is 0 Å². The summed E-state index contributed by atoms with van der Waals surface area (Å²) in [6.07, 6.45) is 6.50. The largest absolute Gasteiger partial charge is 0.370 e. The van der Waals surface area contributed by atoms with E-state index in [-0.39, 0.29) is 0 Å². The van der Waals surface area contributed by atoms with Crippen molar-refractivity contribution in [2.45, 2.75) is 71.8 Å². The molecule has 1 aliphatic rings. The SMILES string of the molecule is CCNc1cc(NC2CCCC(C)CC2)nc(C(C)C)n1. The van der Waals surface area contributed by atoms with Crippen molar-refractivity contribution in [3.05, 3.63) is 11.9 Å². The molecule has 2 unspecified atom stereocenters. The smallest absolute Gasteiger partial charge is 0.135 e. The molecule has 4 nitrogen and oxygen atoms in total. The van der Waals surface area contributed by atoms with E-state index in [1.807, 2.05) is 6.07 Å². The minimum atomic E-state index is 0.346. The molecule has 1 aromatic rings. The molecule has 2 N–H and O–H groups in total. The molecule has 0 amide bonds. The fourth-order valence-corrected chi connectivity index (χ4v) is 2.91. The maximum absolute atomic E-state index is 4.70. The van der Waals surface area contributed by atoms with E-state index in [9.17, 15) is 0 Å². The van der Waals surface area contributed by atoms with E-state index >= 15 is 0 Å². The molecule has 1 aromatic heterocycles. The molecule has 0 saturated heterocycles. The van der Waals surface area contributed by atoms with Crippen molar-refractivity contribution in [3.8, 4) is 0 Å². The fourth-order valence-electron chi connectivity index (χ4n) is 2.91.